The summed E-state index contributed by atoms with van der Waals surface area (Å²) in [5.41, 5.74) is 0.603. The van der Waals surface area contributed by atoms with E-state index in [0.717, 1.165) is 12.8 Å². The van der Waals surface area contributed by atoms with Gasteiger partial charge in [0.1, 0.15) is 0 Å². The Morgan fingerprint density at radius 2 is 2.06 bits per heavy atom. The number of halogens is 1. The molecule has 3 heteroatoms. The Hall–Kier alpha value is -0.860. The summed E-state index contributed by atoms with van der Waals surface area (Å²) in [5.74, 6) is 0.120. The molecule has 0 radical (unpaired) electrons. The van der Waals surface area contributed by atoms with Crippen LogP contribution < -0.4 is 5.32 Å². The van der Waals surface area contributed by atoms with Crippen molar-refractivity contribution >= 4 is 17.4 Å². The van der Waals surface area contributed by atoms with Crippen molar-refractivity contribution in [1.82, 2.24) is 5.32 Å². The van der Waals surface area contributed by atoms with E-state index in [1.54, 1.807) is 12.1 Å². The van der Waals surface area contributed by atoms with Crippen molar-refractivity contribution in [3.8, 4) is 0 Å². The average molecular weight is 268 g/mol. The zero-order valence-electron chi connectivity index (χ0n) is 11.6. The molecule has 1 aromatic carbocycles. The number of carbonyl (C=O) groups excluding carboxylic acids is 1. The summed E-state index contributed by atoms with van der Waals surface area (Å²) in [4.78, 5) is 12.4. The average Bonchev–Trinajstić information content (AvgIpc) is 2.26. The SMILES string of the molecule is CCCC(NC(C)(C)C)C(=O)c1cccc(Cl)c1. The van der Waals surface area contributed by atoms with Gasteiger partial charge in [-0.2, -0.15) is 0 Å². The third-order valence-corrected chi connectivity index (χ3v) is 2.85. The van der Waals surface area contributed by atoms with Crippen LogP contribution in [0.15, 0.2) is 24.3 Å². The highest BCUT2D eigenvalue weighted by Gasteiger charge is 2.23. The second-order valence-corrected chi connectivity index (χ2v) is 6.05. The lowest BCUT2D eigenvalue weighted by Gasteiger charge is -2.27. The summed E-state index contributed by atoms with van der Waals surface area (Å²) in [6, 6.07) is 7.01. The maximum atomic E-state index is 12.4. The van der Waals surface area contributed by atoms with Crippen LogP contribution in [0.5, 0.6) is 0 Å². The predicted molar refractivity (Wildman–Crippen MR) is 77.4 cm³/mol. The highest BCUT2D eigenvalue weighted by molar-refractivity contribution is 6.31. The molecule has 1 N–H and O–H groups in total. The Labute approximate surface area is 115 Å². The smallest absolute Gasteiger partial charge is 0.179 e. The maximum Gasteiger partial charge on any atom is 0.179 e. The Balaban J connectivity index is 2.89. The highest BCUT2D eigenvalue weighted by atomic mass is 35.5. The van der Waals surface area contributed by atoms with Crippen molar-refractivity contribution in [3.63, 3.8) is 0 Å². The fourth-order valence-corrected chi connectivity index (χ4v) is 2.11. The molecule has 0 fully saturated rings. The number of rotatable bonds is 5. The Kier molecular flexibility index (Phi) is 5.36. The molecule has 2 nitrogen and oxygen atoms in total. The number of nitrogens with one attached hydrogen (secondary N) is 1. The van der Waals surface area contributed by atoms with Crippen LogP contribution in [-0.4, -0.2) is 17.4 Å². The van der Waals surface area contributed by atoms with Crippen LogP contribution in [0.4, 0.5) is 0 Å². The van der Waals surface area contributed by atoms with E-state index in [9.17, 15) is 4.79 Å². The van der Waals surface area contributed by atoms with Gasteiger partial charge in [0.2, 0.25) is 0 Å². The first-order valence-corrected chi connectivity index (χ1v) is 6.79. The monoisotopic (exact) mass is 267 g/mol. The second kappa shape index (κ2) is 6.35. The number of hydrogen-bond donors (Lipinski definition) is 1. The minimum atomic E-state index is -0.145. The molecule has 0 heterocycles. The van der Waals surface area contributed by atoms with Gasteiger partial charge in [0.25, 0.3) is 0 Å². The van der Waals surface area contributed by atoms with Crippen LogP contribution >= 0.6 is 11.6 Å². The van der Waals surface area contributed by atoms with Crippen LogP contribution in [0, 0.1) is 0 Å². The number of Topliss-reactive ketones (excluding diaryl/α,β-unsaturated/α-hetero) is 1. The molecule has 0 bridgehead atoms. The van der Waals surface area contributed by atoms with Gasteiger partial charge in [-0.3, -0.25) is 4.79 Å². The van der Waals surface area contributed by atoms with Gasteiger partial charge in [0.15, 0.2) is 5.78 Å². The lowest BCUT2D eigenvalue weighted by molar-refractivity contribution is 0.0919. The largest absolute Gasteiger partial charge is 0.302 e. The molecular formula is C15H22ClNO. The summed E-state index contributed by atoms with van der Waals surface area (Å²) in [6.07, 6.45) is 1.81. The molecule has 1 atom stereocenters. The first kappa shape index (κ1) is 15.2. The van der Waals surface area contributed by atoms with Crippen molar-refractivity contribution in [1.29, 1.82) is 0 Å². The molecule has 0 spiro atoms. The normalized spacial score (nSPS) is 13.4. The predicted octanol–water partition coefficient (Wildman–Crippen LogP) is 4.08. The van der Waals surface area contributed by atoms with E-state index in [1.807, 2.05) is 12.1 Å². The van der Waals surface area contributed by atoms with Crippen molar-refractivity contribution in [2.75, 3.05) is 0 Å². The molecule has 1 unspecified atom stereocenters. The first-order valence-electron chi connectivity index (χ1n) is 6.41. The number of benzene rings is 1. The van der Waals surface area contributed by atoms with Crippen LogP contribution in [-0.2, 0) is 0 Å². The zero-order valence-corrected chi connectivity index (χ0v) is 12.3. The van der Waals surface area contributed by atoms with Gasteiger partial charge in [-0.25, -0.2) is 0 Å². The summed E-state index contributed by atoms with van der Waals surface area (Å²) < 4.78 is 0. The van der Waals surface area contributed by atoms with Gasteiger partial charge in [0.05, 0.1) is 6.04 Å². The molecule has 0 amide bonds. The lowest BCUT2D eigenvalue weighted by Crippen LogP contribution is -2.47. The standard InChI is InChI=1S/C15H22ClNO/c1-5-7-13(17-15(2,3)4)14(18)11-8-6-9-12(16)10-11/h6,8-10,13,17H,5,7H2,1-4H3. The molecule has 1 aromatic rings. The van der Waals surface area contributed by atoms with Crippen molar-refractivity contribution < 1.29 is 4.79 Å². The quantitative estimate of drug-likeness (QED) is 0.815. The summed E-state index contributed by atoms with van der Waals surface area (Å²) in [7, 11) is 0. The summed E-state index contributed by atoms with van der Waals surface area (Å²) in [5, 5.41) is 3.99. The van der Waals surface area contributed by atoms with Gasteiger partial charge in [-0.1, -0.05) is 37.1 Å². The molecular weight excluding hydrogens is 246 g/mol. The molecule has 0 saturated heterocycles. The van der Waals surface area contributed by atoms with E-state index in [2.05, 4.69) is 33.0 Å². The molecule has 100 valence electrons. The number of hydrogen-bond acceptors (Lipinski definition) is 2. The minimum Gasteiger partial charge on any atom is -0.302 e. The van der Waals surface area contributed by atoms with Gasteiger partial charge >= 0.3 is 0 Å². The third-order valence-electron chi connectivity index (χ3n) is 2.61. The first-order chi connectivity index (χ1) is 8.33. The number of carbonyl (C=O) groups is 1. The Bertz CT molecular complexity index is 409. The van der Waals surface area contributed by atoms with E-state index in [4.69, 9.17) is 11.6 Å². The van der Waals surface area contributed by atoms with Crippen molar-refractivity contribution in [2.45, 2.75) is 52.1 Å². The van der Waals surface area contributed by atoms with Gasteiger partial charge in [-0.05, 0) is 39.3 Å². The van der Waals surface area contributed by atoms with E-state index in [0.29, 0.717) is 10.6 Å². The van der Waals surface area contributed by atoms with Crippen molar-refractivity contribution in [2.24, 2.45) is 0 Å². The van der Waals surface area contributed by atoms with Gasteiger partial charge < -0.3 is 5.32 Å². The van der Waals surface area contributed by atoms with E-state index >= 15 is 0 Å². The fraction of sp³-hybridized carbons (Fsp3) is 0.533. The molecule has 1 rings (SSSR count). The summed E-state index contributed by atoms with van der Waals surface area (Å²) >= 11 is 5.93. The van der Waals surface area contributed by atoms with Gasteiger partial charge in [0, 0.05) is 16.1 Å². The second-order valence-electron chi connectivity index (χ2n) is 5.61. The molecule has 18 heavy (non-hydrogen) atoms. The Morgan fingerprint density at radius 3 is 2.56 bits per heavy atom. The third kappa shape index (κ3) is 4.79. The fourth-order valence-electron chi connectivity index (χ4n) is 1.92. The molecule has 0 aliphatic carbocycles. The lowest BCUT2D eigenvalue weighted by atomic mass is 9.97. The van der Waals surface area contributed by atoms with Crippen molar-refractivity contribution in [3.05, 3.63) is 34.9 Å². The highest BCUT2D eigenvalue weighted by Crippen LogP contribution is 2.15. The minimum absolute atomic E-state index is 0.0753. The van der Waals surface area contributed by atoms with Crippen LogP contribution in [0.1, 0.15) is 50.9 Å². The number of ketones is 1. The molecule has 0 aliphatic rings. The van der Waals surface area contributed by atoms with Crippen LogP contribution in [0.25, 0.3) is 0 Å². The van der Waals surface area contributed by atoms with Crippen LogP contribution in [0.3, 0.4) is 0 Å². The van der Waals surface area contributed by atoms with Gasteiger partial charge in [-0.15, -0.1) is 0 Å². The van der Waals surface area contributed by atoms with E-state index in [1.165, 1.54) is 0 Å². The molecule has 0 aliphatic heterocycles. The maximum absolute atomic E-state index is 12.4. The topological polar surface area (TPSA) is 29.1 Å². The Morgan fingerprint density at radius 1 is 1.39 bits per heavy atom. The molecule has 0 aromatic heterocycles. The van der Waals surface area contributed by atoms with E-state index < -0.39 is 0 Å². The summed E-state index contributed by atoms with van der Waals surface area (Å²) in [6.45, 7) is 8.30. The van der Waals surface area contributed by atoms with Crippen LogP contribution in [0.2, 0.25) is 5.02 Å². The van der Waals surface area contributed by atoms with E-state index in [-0.39, 0.29) is 17.4 Å². The molecule has 0 saturated carbocycles. The zero-order chi connectivity index (χ0) is 13.8.